The molecule has 3 heterocycles. The fraction of sp³-hybridized carbons (Fsp3) is 0.267. The number of nitrogens with zero attached hydrogens (tertiary/aromatic N) is 2. The molecule has 2 aromatic heterocycles. The predicted octanol–water partition coefficient (Wildman–Crippen LogP) is 3.33. The second-order valence-electron chi connectivity index (χ2n) is 5.26. The molecule has 1 aromatic carbocycles. The van der Waals surface area contributed by atoms with Gasteiger partial charge in [0.25, 0.3) is 0 Å². The van der Waals surface area contributed by atoms with Gasteiger partial charge in [-0.3, -0.25) is 0 Å². The Morgan fingerprint density at radius 2 is 2.30 bits per heavy atom. The first-order valence-electron chi connectivity index (χ1n) is 6.80. The quantitative estimate of drug-likeness (QED) is 0.674. The van der Waals surface area contributed by atoms with Crippen molar-refractivity contribution >= 4 is 34.0 Å². The van der Waals surface area contributed by atoms with Crippen LogP contribution in [0, 0.1) is 0 Å². The van der Waals surface area contributed by atoms with E-state index in [1.807, 2.05) is 29.5 Å². The van der Waals surface area contributed by atoms with E-state index in [1.54, 1.807) is 0 Å². The normalized spacial score (nSPS) is 18.4. The fourth-order valence-corrected chi connectivity index (χ4v) is 3.91. The minimum Gasteiger partial charge on any atom is -0.399 e. The lowest BCUT2D eigenvalue weighted by Crippen LogP contribution is -2.33. The van der Waals surface area contributed by atoms with Crippen LogP contribution in [0.4, 0.5) is 11.6 Å². The van der Waals surface area contributed by atoms with Gasteiger partial charge in [0.1, 0.15) is 0 Å². The molecule has 1 atom stereocenters. The SMILES string of the molecule is CC1c2ccsc2CCN1c1nc2ccc(N)cc2[nH]1. The molecule has 0 amide bonds. The van der Waals surface area contributed by atoms with Crippen molar-refractivity contribution in [1.82, 2.24) is 9.97 Å². The molecule has 3 aromatic rings. The smallest absolute Gasteiger partial charge is 0.204 e. The van der Waals surface area contributed by atoms with E-state index in [1.165, 1.54) is 10.4 Å². The molecule has 4 nitrogen and oxygen atoms in total. The van der Waals surface area contributed by atoms with Gasteiger partial charge in [-0.25, -0.2) is 4.98 Å². The summed E-state index contributed by atoms with van der Waals surface area (Å²) in [5.41, 5.74) is 10.00. The van der Waals surface area contributed by atoms with Gasteiger partial charge in [0, 0.05) is 17.1 Å². The highest BCUT2D eigenvalue weighted by Gasteiger charge is 2.26. The van der Waals surface area contributed by atoms with Crippen molar-refractivity contribution < 1.29 is 0 Å². The Balaban J connectivity index is 1.76. The van der Waals surface area contributed by atoms with E-state index in [9.17, 15) is 0 Å². The van der Waals surface area contributed by atoms with Gasteiger partial charge in [0.2, 0.25) is 5.95 Å². The van der Waals surface area contributed by atoms with Crippen LogP contribution in [0.15, 0.2) is 29.6 Å². The second-order valence-corrected chi connectivity index (χ2v) is 6.26. The minimum atomic E-state index is 0.364. The number of nitrogens with one attached hydrogen (secondary N) is 1. The molecule has 0 saturated heterocycles. The van der Waals surface area contributed by atoms with Crippen molar-refractivity contribution in [1.29, 1.82) is 0 Å². The van der Waals surface area contributed by atoms with Gasteiger partial charge < -0.3 is 15.6 Å². The molecular weight excluding hydrogens is 268 g/mol. The maximum atomic E-state index is 5.83. The summed E-state index contributed by atoms with van der Waals surface area (Å²) in [5.74, 6) is 0.940. The molecule has 0 radical (unpaired) electrons. The summed E-state index contributed by atoms with van der Waals surface area (Å²) in [6.45, 7) is 3.25. The summed E-state index contributed by atoms with van der Waals surface area (Å²) in [6, 6.07) is 8.40. The first-order valence-corrected chi connectivity index (χ1v) is 7.68. The van der Waals surface area contributed by atoms with Gasteiger partial charge in [-0.2, -0.15) is 0 Å². The van der Waals surface area contributed by atoms with E-state index in [4.69, 9.17) is 10.7 Å². The van der Waals surface area contributed by atoms with Gasteiger partial charge in [-0.15, -0.1) is 11.3 Å². The summed E-state index contributed by atoms with van der Waals surface area (Å²) in [5, 5.41) is 2.18. The molecule has 20 heavy (non-hydrogen) atoms. The first kappa shape index (κ1) is 11.8. The summed E-state index contributed by atoms with van der Waals surface area (Å²) >= 11 is 1.86. The van der Waals surface area contributed by atoms with Crippen LogP contribution >= 0.6 is 11.3 Å². The zero-order chi connectivity index (χ0) is 13.7. The third-order valence-corrected chi connectivity index (χ3v) is 5.04. The van der Waals surface area contributed by atoms with Gasteiger partial charge in [0.15, 0.2) is 0 Å². The van der Waals surface area contributed by atoms with Crippen molar-refractivity contribution in [3.05, 3.63) is 40.1 Å². The monoisotopic (exact) mass is 284 g/mol. The highest BCUT2D eigenvalue weighted by atomic mass is 32.1. The van der Waals surface area contributed by atoms with Crippen molar-refractivity contribution in [2.75, 3.05) is 17.2 Å². The van der Waals surface area contributed by atoms with E-state index in [0.29, 0.717) is 6.04 Å². The molecule has 4 rings (SSSR count). The lowest BCUT2D eigenvalue weighted by Gasteiger charge is -2.33. The summed E-state index contributed by atoms with van der Waals surface area (Å²) < 4.78 is 0. The predicted molar refractivity (Wildman–Crippen MR) is 84.3 cm³/mol. The number of anilines is 2. The fourth-order valence-electron chi connectivity index (χ4n) is 2.95. The molecule has 1 aliphatic rings. The first-order chi connectivity index (χ1) is 9.72. The molecule has 0 aliphatic carbocycles. The number of nitrogens with two attached hydrogens (primary N) is 1. The molecular formula is C15H16N4S. The van der Waals surface area contributed by atoms with Crippen molar-refractivity contribution in [2.24, 2.45) is 0 Å². The van der Waals surface area contributed by atoms with Crippen LogP contribution in [0.25, 0.3) is 11.0 Å². The van der Waals surface area contributed by atoms with E-state index in [0.717, 1.165) is 35.6 Å². The van der Waals surface area contributed by atoms with Crippen molar-refractivity contribution in [2.45, 2.75) is 19.4 Å². The van der Waals surface area contributed by atoms with Crippen molar-refractivity contribution in [3.8, 4) is 0 Å². The number of nitrogen functional groups attached to an aromatic ring is 1. The topological polar surface area (TPSA) is 57.9 Å². The Kier molecular flexibility index (Phi) is 2.50. The molecule has 1 unspecified atom stereocenters. The Bertz CT molecular complexity index is 773. The molecule has 0 bridgehead atoms. The Labute approximate surface area is 121 Å². The summed E-state index contributed by atoms with van der Waals surface area (Å²) in [7, 11) is 0. The third-order valence-electron chi connectivity index (χ3n) is 4.04. The molecule has 1 aliphatic heterocycles. The number of H-pyrrole nitrogens is 1. The largest absolute Gasteiger partial charge is 0.399 e. The number of benzene rings is 1. The average Bonchev–Trinajstić information content (AvgIpc) is 3.04. The molecule has 0 saturated carbocycles. The van der Waals surface area contributed by atoms with E-state index in [-0.39, 0.29) is 0 Å². The molecule has 0 spiro atoms. The van der Waals surface area contributed by atoms with Crippen LogP contribution in [0.1, 0.15) is 23.4 Å². The van der Waals surface area contributed by atoms with Gasteiger partial charge in [0.05, 0.1) is 17.1 Å². The molecule has 5 heteroatoms. The highest BCUT2D eigenvalue weighted by Crippen LogP contribution is 2.35. The maximum absolute atomic E-state index is 5.83. The van der Waals surface area contributed by atoms with E-state index in [2.05, 4.69) is 28.3 Å². The van der Waals surface area contributed by atoms with Gasteiger partial charge in [-0.05, 0) is 48.6 Å². The lowest BCUT2D eigenvalue weighted by atomic mass is 10.0. The number of rotatable bonds is 1. The molecule has 0 fully saturated rings. The number of aromatic amines is 1. The van der Waals surface area contributed by atoms with Crippen LogP contribution in [-0.2, 0) is 6.42 Å². The number of imidazole rings is 1. The Morgan fingerprint density at radius 3 is 3.20 bits per heavy atom. The maximum Gasteiger partial charge on any atom is 0.204 e. The average molecular weight is 284 g/mol. The van der Waals surface area contributed by atoms with Crippen LogP contribution in [0.5, 0.6) is 0 Å². The van der Waals surface area contributed by atoms with Crippen LogP contribution < -0.4 is 10.6 Å². The molecule has 102 valence electrons. The van der Waals surface area contributed by atoms with Gasteiger partial charge >= 0.3 is 0 Å². The van der Waals surface area contributed by atoms with Crippen LogP contribution in [0.3, 0.4) is 0 Å². The van der Waals surface area contributed by atoms with Gasteiger partial charge in [-0.1, -0.05) is 0 Å². The van der Waals surface area contributed by atoms with E-state index < -0.39 is 0 Å². The van der Waals surface area contributed by atoms with E-state index >= 15 is 0 Å². The third kappa shape index (κ3) is 1.70. The van der Waals surface area contributed by atoms with Crippen LogP contribution in [-0.4, -0.2) is 16.5 Å². The standard InChI is InChI=1S/C15H16N4S/c1-9-11-5-7-20-14(11)4-6-19(9)15-17-12-3-2-10(16)8-13(12)18-15/h2-3,5,7-9H,4,6,16H2,1H3,(H,17,18). The Hall–Kier alpha value is -2.01. The number of aromatic nitrogens is 2. The lowest BCUT2D eigenvalue weighted by molar-refractivity contribution is 0.620. The zero-order valence-electron chi connectivity index (χ0n) is 11.3. The molecule has 3 N–H and O–H groups in total. The number of thiophene rings is 1. The number of fused-ring (bicyclic) bond motifs is 2. The number of hydrogen-bond acceptors (Lipinski definition) is 4. The Morgan fingerprint density at radius 1 is 1.40 bits per heavy atom. The van der Waals surface area contributed by atoms with Crippen LogP contribution in [0.2, 0.25) is 0 Å². The number of hydrogen-bond donors (Lipinski definition) is 2. The summed E-state index contributed by atoms with van der Waals surface area (Å²) in [4.78, 5) is 11.9. The zero-order valence-corrected chi connectivity index (χ0v) is 12.1. The summed E-state index contributed by atoms with van der Waals surface area (Å²) in [6.07, 6.45) is 1.09. The second kappa shape index (κ2) is 4.24. The minimum absolute atomic E-state index is 0.364. The van der Waals surface area contributed by atoms with Crippen molar-refractivity contribution in [3.63, 3.8) is 0 Å². The highest BCUT2D eigenvalue weighted by molar-refractivity contribution is 7.10.